The standard InChI is InChI=1S/C7H6N4O2/c8-7-5-3-4(11(12)13)1-2-6(5)9-10-7/h1-4H,(H2,8,10)/t4-/m0/s1. The van der Waals surface area contributed by atoms with Gasteiger partial charge in [-0.3, -0.25) is 10.1 Å². The lowest BCUT2D eigenvalue weighted by molar-refractivity contribution is -0.496. The van der Waals surface area contributed by atoms with E-state index < -0.39 is 11.0 Å². The van der Waals surface area contributed by atoms with Crippen LogP contribution < -0.4 is 5.73 Å². The van der Waals surface area contributed by atoms with Gasteiger partial charge in [0.25, 0.3) is 6.04 Å². The smallest absolute Gasteiger partial charge is 0.250 e. The molecule has 1 aliphatic carbocycles. The molecule has 0 aromatic carbocycles. The van der Waals surface area contributed by atoms with E-state index in [9.17, 15) is 10.1 Å². The molecule has 2 N–H and O–H groups in total. The third-order valence-corrected chi connectivity index (χ3v) is 1.85. The van der Waals surface area contributed by atoms with Crippen molar-refractivity contribution in [2.45, 2.75) is 6.04 Å². The summed E-state index contributed by atoms with van der Waals surface area (Å²) in [6.45, 7) is 0. The van der Waals surface area contributed by atoms with Gasteiger partial charge in [-0.1, -0.05) is 0 Å². The summed E-state index contributed by atoms with van der Waals surface area (Å²) in [7, 11) is 0. The molecule has 0 spiro atoms. The minimum Gasteiger partial charge on any atom is -0.382 e. The molecule has 0 saturated carbocycles. The van der Waals surface area contributed by atoms with Crippen molar-refractivity contribution in [1.29, 1.82) is 0 Å². The molecule has 0 fully saturated rings. The van der Waals surface area contributed by atoms with Gasteiger partial charge in [0.15, 0.2) is 5.84 Å². The van der Waals surface area contributed by atoms with Crippen LogP contribution in [0.2, 0.25) is 0 Å². The summed E-state index contributed by atoms with van der Waals surface area (Å²) in [5, 5.41) is 17.8. The summed E-state index contributed by atoms with van der Waals surface area (Å²) in [6.07, 6.45) is 4.47. The van der Waals surface area contributed by atoms with Crippen LogP contribution in [-0.2, 0) is 0 Å². The van der Waals surface area contributed by atoms with E-state index >= 15 is 0 Å². The topological polar surface area (TPSA) is 93.9 Å². The molecule has 0 unspecified atom stereocenters. The first-order valence-corrected chi connectivity index (χ1v) is 3.64. The molecule has 1 atom stereocenters. The SMILES string of the molecule is NC1=NN=C2C=C[C@H]([N+](=O)[O-])C=C12. The molecule has 1 aliphatic heterocycles. The summed E-state index contributed by atoms with van der Waals surface area (Å²) in [6, 6.07) is -0.819. The van der Waals surface area contributed by atoms with Crippen molar-refractivity contribution in [3.8, 4) is 0 Å². The molecule has 6 nitrogen and oxygen atoms in total. The van der Waals surface area contributed by atoms with Crippen molar-refractivity contribution in [1.82, 2.24) is 0 Å². The van der Waals surface area contributed by atoms with Gasteiger partial charge >= 0.3 is 0 Å². The fourth-order valence-electron chi connectivity index (χ4n) is 1.19. The first-order valence-electron chi connectivity index (χ1n) is 3.64. The maximum atomic E-state index is 10.4. The van der Waals surface area contributed by atoms with Crippen LogP contribution in [0.1, 0.15) is 0 Å². The maximum Gasteiger partial charge on any atom is 0.250 e. The van der Waals surface area contributed by atoms with Gasteiger partial charge in [0.1, 0.15) is 0 Å². The first-order chi connectivity index (χ1) is 6.18. The van der Waals surface area contributed by atoms with Crippen LogP contribution in [-0.4, -0.2) is 22.5 Å². The van der Waals surface area contributed by atoms with Crippen molar-refractivity contribution in [3.05, 3.63) is 33.9 Å². The average Bonchev–Trinajstić information content (AvgIpc) is 2.47. The highest BCUT2D eigenvalue weighted by molar-refractivity contribution is 6.29. The van der Waals surface area contributed by atoms with Gasteiger partial charge in [-0.05, 0) is 12.2 Å². The molecule has 1 heterocycles. The predicted octanol–water partition coefficient (Wildman–Crippen LogP) is -0.145. The molecule has 0 amide bonds. The highest BCUT2D eigenvalue weighted by Gasteiger charge is 2.25. The molecule has 2 aliphatic rings. The Morgan fingerprint density at radius 2 is 2.31 bits per heavy atom. The predicted molar refractivity (Wildman–Crippen MR) is 47.1 cm³/mol. The molecular weight excluding hydrogens is 172 g/mol. The Labute approximate surface area is 73.3 Å². The number of amidine groups is 1. The average molecular weight is 178 g/mol. The first kappa shape index (κ1) is 7.66. The number of nitrogens with two attached hydrogens (primary N) is 1. The Balaban J connectivity index is 2.36. The highest BCUT2D eigenvalue weighted by atomic mass is 16.6. The van der Waals surface area contributed by atoms with Crippen molar-refractivity contribution in [3.63, 3.8) is 0 Å². The van der Waals surface area contributed by atoms with E-state index in [0.29, 0.717) is 11.3 Å². The zero-order valence-electron chi connectivity index (χ0n) is 6.54. The Morgan fingerprint density at radius 1 is 1.54 bits per heavy atom. The fourth-order valence-corrected chi connectivity index (χ4v) is 1.19. The van der Waals surface area contributed by atoms with Gasteiger partial charge in [-0.25, -0.2) is 0 Å². The summed E-state index contributed by atoms with van der Waals surface area (Å²) >= 11 is 0. The van der Waals surface area contributed by atoms with Crippen LogP contribution in [0.15, 0.2) is 34.0 Å². The molecule has 0 aromatic heterocycles. The number of fused-ring (bicyclic) bond motifs is 1. The third kappa shape index (κ3) is 1.12. The molecule has 0 saturated heterocycles. The zero-order valence-corrected chi connectivity index (χ0v) is 6.54. The summed E-state index contributed by atoms with van der Waals surface area (Å²) in [4.78, 5) is 10.0. The van der Waals surface area contributed by atoms with E-state index in [1.54, 1.807) is 6.08 Å². The van der Waals surface area contributed by atoms with Crippen LogP contribution in [0.5, 0.6) is 0 Å². The quantitative estimate of drug-likeness (QED) is 0.447. The fraction of sp³-hybridized carbons (Fsp3) is 0.143. The van der Waals surface area contributed by atoms with Crippen molar-refractivity contribution in [2.75, 3.05) is 0 Å². The number of rotatable bonds is 1. The summed E-state index contributed by atoms with van der Waals surface area (Å²) < 4.78 is 0. The van der Waals surface area contributed by atoms with Crippen molar-refractivity contribution < 1.29 is 4.92 Å². The normalized spacial score (nSPS) is 24.6. The van der Waals surface area contributed by atoms with Gasteiger partial charge in [0, 0.05) is 16.6 Å². The minimum atomic E-state index is -0.819. The second-order valence-electron chi connectivity index (χ2n) is 2.69. The molecule has 6 heteroatoms. The molecular formula is C7H6N4O2. The monoisotopic (exact) mass is 178 g/mol. The molecule has 0 radical (unpaired) electrons. The molecule has 0 aromatic rings. The Morgan fingerprint density at radius 3 is 3.00 bits per heavy atom. The number of hydrogen-bond donors (Lipinski definition) is 1. The highest BCUT2D eigenvalue weighted by Crippen LogP contribution is 2.16. The van der Waals surface area contributed by atoms with Gasteiger partial charge in [0.2, 0.25) is 0 Å². The van der Waals surface area contributed by atoms with Crippen LogP contribution in [0.4, 0.5) is 0 Å². The molecule has 66 valence electrons. The van der Waals surface area contributed by atoms with E-state index in [-0.39, 0.29) is 5.84 Å². The van der Waals surface area contributed by atoms with Crippen LogP contribution in [0.25, 0.3) is 0 Å². The van der Waals surface area contributed by atoms with Crippen LogP contribution >= 0.6 is 0 Å². The van der Waals surface area contributed by atoms with E-state index in [4.69, 9.17) is 5.73 Å². The molecule has 2 rings (SSSR count). The van der Waals surface area contributed by atoms with Crippen molar-refractivity contribution in [2.24, 2.45) is 15.9 Å². The molecule has 0 bridgehead atoms. The zero-order chi connectivity index (χ0) is 9.42. The van der Waals surface area contributed by atoms with E-state index in [2.05, 4.69) is 10.2 Å². The number of allylic oxidation sites excluding steroid dienone is 1. The van der Waals surface area contributed by atoms with E-state index in [1.165, 1.54) is 12.2 Å². The van der Waals surface area contributed by atoms with Gasteiger partial charge in [-0.2, -0.15) is 0 Å². The summed E-state index contributed by atoms with van der Waals surface area (Å²) in [5.41, 5.74) is 6.61. The maximum absolute atomic E-state index is 10.4. The Bertz CT molecular complexity index is 391. The third-order valence-electron chi connectivity index (χ3n) is 1.85. The lowest BCUT2D eigenvalue weighted by atomic mass is 10.0. The van der Waals surface area contributed by atoms with Crippen LogP contribution in [0.3, 0.4) is 0 Å². The molecule has 13 heavy (non-hydrogen) atoms. The summed E-state index contributed by atoms with van der Waals surface area (Å²) in [5.74, 6) is 0.242. The van der Waals surface area contributed by atoms with Gasteiger partial charge < -0.3 is 5.73 Å². The largest absolute Gasteiger partial charge is 0.382 e. The second-order valence-corrected chi connectivity index (χ2v) is 2.69. The van der Waals surface area contributed by atoms with Gasteiger partial charge in [-0.15, -0.1) is 10.2 Å². The lowest BCUT2D eigenvalue weighted by Crippen LogP contribution is -2.24. The van der Waals surface area contributed by atoms with Crippen LogP contribution in [0, 0.1) is 10.1 Å². The number of hydrogen-bond acceptors (Lipinski definition) is 5. The van der Waals surface area contributed by atoms with Crippen molar-refractivity contribution >= 4 is 11.5 Å². The van der Waals surface area contributed by atoms with Gasteiger partial charge in [0.05, 0.1) is 5.71 Å². The number of nitro groups is 1. The van der Waals surface area contributed by atoms with E-state index in [0.717, 1.165) is 0 Å². The van der Waals surface area contributed by atoms with E-state index in [1.807, 2.05) is 0 Å². The minimum absolute atomic E-state index is 0.242. The Kier molecular flexibility index (Phi) is 1.48. The Hall–Kier alpha value is -1.98. The second kappa shape index (κ2) is 2.51. The number of nitrogens with zero attached hydrogens (tertiary/aromatic N) is 3. The lowest BCUT2D eigenvalue weighted by Gasteiger charge is -2.06.